The van der Waals surface area contributed by atoms with E-state index in [1.54, 1.807) is 18.2 Å². The highest BCUT2D eigenvalue weighted by molar-refractivity contribution is 5.25. The molecule has 1 aromatic rings. The second-order valence-corrected chi connectivity index (χ2v) is 4.06. The van der Waals surface area contributed by atoms with Crippen molar-refractivity contribution in [2.45, 2.75) is 12.0 Å². The number of aliphatic hydroxyl groups is 2. The zero-order valence-electron chi connectivity index (χ0n) is 9.19. The third-order valence-electron chi connectivity index (χ3n) is 2.67. The predicted molar refractivity (Wildman–Crippen MR) is 59.3 cm³/mol. The summed E-state index contributed by atoms with van der Waals surface area (Å²) in [5.41, 5.74) is 3.25. The van der Waals surface area contributed by atoms with E-state index in [1.807, 2.05) is 0 Å². The smallest absolute Gasteiger partial charge is 0.162 e. The third-order valence-corrected chi connectivity index (χ3v) is 2.67. The van der Waals surface area contributed by atoms with Crippen LogP contribution in [0.25, 0.3) is 0 Å². The monoisotopic (exact) mass is 239 g/mol. The Morgan fingerprint density at radius 3 is 2.35 bits per heavy atom. The lowest BCUT2D eigenvalue weighted by Gasteiger charge is -2.19. The van der Waals surface area contributed by atoms with Gasteiger partial charge in [0.15, 0.2) is 5.60 Å². The average Bonchev–Trinajstić information content (AvgIpc) is 2.76. The van der Waals surface area contributed by atoms with Crippen LogP contribution in [0.3, 0.4) is 0 Å². The van der Waals surface area contributed by atoms with Crippen molar-refractivity contribution in [1.82, 2.24) is 5.48 Å². The quantitative estimate of drug-likeness (QED) is 0.716. The topological polar surface area (TPSA) is 61.7 Å². The number of hydrogen-bond acceptors (Lipinski definition) is 4. The first-order valence-corrected chi connectivity index (χ1v) is 5.29. The van der Waals surface area contributed by atoms with E-state index in [0.717, 1.165) is 11.3 Å². The number of nitrogens with one attached hydrogen (secondary N) is 1. The summed E-state index contributed by atoms with van der Waals surface area (Å²) in [4.78, 5) is 5.13. The minimum Gasteiger partial charge on any atom is -0.393 e. The molecular weight excluding hydrogens is 225 g/mol. The maximum absolute atomic E-state index is 12.7. The van der Waals surface area contributed by atoms with Crippen LogP contribution < -0.4 is 5.48 Å². The molecule has 0 atom stereocenters. The Morgan fingerprint density at radius 1 is 1.18 bits per heavy atom. The van der Waals surface area contributed by atoms with Gasteiger partial charge >= 0.3 is 0 Å². The SMILES string of the molecule is OCC1(CO)C=C(Cc2ccc(F)cc2)NO1. The van der Waals surface area contributed by atoms with E-state index >= 15 is 0 Å². The fourth-order valence-corrected chi connectivity index (χ4v) is 1.66. The normalized spacial score (nSPS) is 17.7. The second-order valence-electron chi connectivity index (χ2n) is 4.06. The Balaban J connectivity index is 2.08. The largest absolute Gasteiger partial charge is 0.393 e. The van der Waals surface area contributed by atoms with Gasteiger partial charge in [-0.3, -0.25) is 10.3 Å². The highest BCUT2D eigenvalue weighted by Crippen LogP contribution is 2.21. The zero-order chi connectivity index (χ0) is 12.3. The van der Waals surface area contributed by atoms with Crippen molar-refractivity contribution in [3.05, 3.63) is 47.4 Å². The molecule has 17 heavy (non-hydrogen) atoms. The Hall–Kier alpha value is -1.43. The maximum atomic E-state index is 12.7. The summed E-state index contributed by atoms with van der Waals surface area (Å²) in [6.07, 6.45) is 2.18. The van der Waals surface area contributed by atoms with Crippen LogP contribution in [0, 0.1) is 5.82 Å². The van der Waals surface area contributed by atoms with Crippen molar-refractivity contribution in [3.8, 4) is 0 Å². The van der Waals surface area contributed by atoms with Gasteiger partial charge in [0.2, 0.25) is 0 Å². The summed E-state index contributed by atoms with van der Waals surface area (Å²) >= 11 is 0. The Kier molecular flexibility index (Phi) is 3.42. The van der Waals surface area contributed by atoms with Gasteiger partial charge in [-0.15, -0.1) is 0 Å². The van der Waals surface area contributed by atoms with Gasteiger partial charge < -0.3 is 10.2 Å². The minimum absolute atomic E-state index is 0.279. The number of allylic oxidation sites excluding steroid dienone is 1. The average molecular weight is 239 g/mol. The van der Waals surface area contributed by atoms with E-state index in [2.05, 4.69) is 5.48 Å². The molecule has 0 radical (unpaired) electrons. The van der Waals surface area contributed by atoms with E-state index in [-0.39, 0.29) is 19.0 Å². The summed E-state index contributed by atoms with van der Waals surface area (Å²) in [6.45, 7) is -0.604. The molecule has 0 unspecified atom stereocenters. The number of hydrogen-bond donors (Lipinski definition) is 3. The summed E-state index contributed by atoms with van der Waals surface area (Å²) in [7, 11) is 0. The number of aliphatic hydroxyl groups excluding tert-OH is 2. The van der Waals surface area contributed by atoms with Gasteiger partial charge in [0, 0.05) is 12.1 Å². The third kappa shape index (κ3) is 2.63. The summed E-state index contributed by atoms with van der Waals surface area (Å²) in [5.74, 6) is -0.279. The fourth-order valence-electron chi connectivity index (χ4n) is 1.66. The van der Waals surface area contributed by atoms with E-state index in [4.69, 9.17) is 15.1 Å². The zero-order valence-corrected chi connectivity index (χ0v) is 9.19. The molecule has 0 amide bonds. The molecule has 3 N–H and O–H groups in total. The van der Waals surface area contributed by atoms with Gasteiger partial charge in [0.05, 0.1) is 13.2 Å². The summed E-state index contributed by atoms with van der Waals surface area (Å²) < 4.78 is 12.7. The molecule has 1 aliphatic heterocycles. The van der Waals surface area contributed by atoms with Gasteiger partial charge in [-0.2, -0.15) is 0 Å². The molecule has 0 saturated carbocycles. The van der Waals surface area contributed by atoms with Crippen LogP contribution >= 0.6 is 0 Å². The van der Waals surface area contributed by atoms with Crippen LogP contribution in [-0.4, -0.2) is 29.0 Å². The molecule has 92 valence electrons. The highest BCUT2D eigenvalue weighted by atomic mass is 19.1. The lowest BCUT2D eigenvalue weighted by atomic mass is 10.0. The minimum atomic E-state index is -1.06. The van der Waals surface area contributed by atoms with Crippen molar-refractivity contribution in [2.75, 3.05) is 13.2 Å². The molecule has 0 aromatic heterocycles. The fraction of sp³-hybridized carbons (Fsp3) is 0.333. The first-order valence-electron chi connectivity index (χ1n) is 5.29. The maximum Gasteiger partial charge on any atom is 0.162 e. The molecule has 1 heterocycles. The molecule has 4 nitrogen and oxygen atoms in total. The molecule has 1 aromatic carbocycles. The molecular formula is C12H14FNO3. The number of hydroxylamine groups is 1. The van der Waals surface area contributed by atoms with Crippen molar-refractivity contribution in [2.24, 2.45) is 0 Å². The van der Waals surface area contributed by atoms with Gasteiger partial charge in [-0.05, 0) is 23.8 Å². The van der Waals surface area contributed by atoms with Crippen LogP contribution in [0.1, 0.15) is 5.56 Å². The first kappa shape index (κ1) is 12.0. The van der Waals surface area contributed by atoms with Crippen LogP contribution in [0.2, 0.25) is 0 Å². The van der Waals surface area contributed by atoms with Crippen LogP contribution in [0.4, 0.5) is 4.39 Å². The molecule has 2 rings (SSSR count). The standard InChI is InChI=1S/C12H14FNO3/c13-10-3-1-9(2-4-10)5-11-6-12(7-15,8-16)17-14-11/h1-4,6,14-16H,5,7-8H2. The Labute approximate surface area is 98.3 Å². The lowest BCUT2D eigenvalue weighted by molar-refractivity contribution is -0.0961. The van der Waals surface area contributed by atoms with Crippen LogP contribution in [0.5, 0.6) is 0 Å². The lowest BCUT2D eigenvalue weighted by Crippen LogP contribution is -2.37. The van der Waals surface area contributed by atoms with Gasteiger partial charge in [0.25, 0.3) is 0 Å². The van der Waals surface area contributed by atoms with Crippen molar-refractivity contribution in [1.29, 1.82) is 0 Å². The first-order chi connectivity index (χ1) is 8.17. The molecule has 0 bridgehead atoms. The van der Waals surface area contributed by atoms with Gasteiger partial charge in [0.1, 0.15) is 5.82 Å². The van der Waals surface area contributed by atoms with E-state index in [0.29, 0.717) is 6.42 Å². The van der Waals surface area contributed by atoms with E-state index in [9.17, 15) is 4.39 Å². The van der Waals surface area contributed by atoms with E-state index in [1.165, 1.54) is 12.1 Å². The number of halogens is 1. The Morgan fingerprint density at radius 2 is 1.82 bits per heavy atom. The number of rotatable bonds is 4. The van der Waals surface area contributed by atoms with Crippen LogP contribution in [-0.2, 0) is 11.3 Å². The summed E-state index contributed by atoms with van der Waals surface area (Å²) in [6, 6.07) is 6.12. The van der Waals surface area contributed by atoms with E-state index < -0.39 is 5.60 Å². The van der Waals surface area contributed by atoms with Gasteiger partial charge in [-0.25, -0.2) is 4.39 Å². The molecule has 5 heteroatoms. The Bertz CT molecular complexity index is 412. The summed E-state index contributed by atoms with van der Waals surface area (Å²) in [5, 5.41) is 18.2. The molecule has 1 aliphatic rings. The van der Waals surface area contributed by atoms with Crippen molar-refractivity contribution in [3.63, 3.8) is 0 Å². The predicted octanol–water partition coefficient (Wildman–Crippen LogP) is 0.510. The van der Waals surface area contributed by atoms with Crippen LogP contribution in [0.15, 0.2) is 36.0 Å². The van der Waals surface area contributed by atoms with Gasteiger partial charge in [-0.1, -0.05) is 12.1 Å². The molecule has 0 fully saturated rings. The van der Waals surface area contributed by atoms with Crippen molar-refractivity contribution < 1.29 is 19.4 Å². The van der Waals surface area contributed by atoms with Crippen molar-refractivity contribution >= 4 is 0 Å². The molecule has 0 saturated heterocycles. The molecule has 0 aliphatic carbocycles. The highest BCUT2D eigenvalue weighted by Gasteiger charge is 2.33. The molecule has 0 spiro atoms. The number of benzene rings is 1. The second kappa shape index (κ2) is 4.83.